The third kappa shape index (κ3) is 4.57. The van der Waals surface area contributed by atoms with Crippen molar-refractivity contribution in [1.82, 2.24) is 4.90 Å². The van der Waals surface area contributed by atoms with Gasteiger partial charge in [-0.05, 0) is 30.7 Å². The normalized spacial score (nSPS) is 22.7. The average molecular weight is 289 g/mol. The Hall–Kier alpha value is -1.35. The average Bonchev–Trinajstić information content (AvgIpc) is 2.82. The van der Waals surface area contributed by atoms with Crippen LogP contribution in [0.5, 0.6) is 0 Å². The highest BCUT2D eigenvalue weighted by Gasteiger charge is 2.38. The van der Waals surface area contributed by atoms with Gasteiger partial charge in [0, 0.05) is 19.6 Å². The first-order chi connectivity index (χ1) is 10.1. The zero-order valence-electron chi connectivity index (χ0n) is 13.4. The molecule has 3 nitrogen and oxygen atoms in total. The van der Waals surface area contributed by atoms with Crippen molar-refractivity contribution < 1.29 is 9.53 Å². The summed E-state index contributed by atoms with van der Waals surface area (Å²) >= 11 is 0. The van der Waals surface area contributed by atoms with Gasteiger partial charge >= 0.3 is 5.97 Å². The minimum Gasteiger partial charge on any atom is -0.466 e. The number of ether oxygens (including phenoxy) is 1. The molecule has 1 aromatic rings. The van der Waals surface area contributed by atoms with Crippen molar-refractivity contribution in [1.29, 1.82) is 0 Å². The molecule has 0 spiro atoms. The number of carbonyl (C=O) groups is 1. The van der Waals surface area contributed by atoms with Crippen molar-refractivity contribution in [3.8, 4) is 0 Å². The van der Waals surface area contributed by atoms with Crippen molar-refractivity contribution in [2.75, 3.05) is 19.7 Å². The van der Waals surface area contributed by atoms with Gasteiger partial charge in [0.1, 0.15) is 0 Å². The molecule has 1 heterocycles. The van der Waals surface area contributed by atoms with Crippen molar-refractivity contribution in [2.24, 2.45) is 17.8 Å². The van der Waals surface area contributed by atoms with Gasteiger partial charge < -0.3 is 4.74 Å². The van der Waals surface area contributed by atoms with Crippen LogP contribution < -0.4 is 0 Å². The molecule has 0 amide bonds. The molecule has 1 aliphatic heterocycles. The summed E-state index contributed by atoms with van der Waals surface area (Å²) < 4.78 is 5.27. The molecule has 2 atom stereocenters. The van der Waals surface area contributed by atoms with Gasteiger partial charge in [0.05, 0.1) is 12.5 Å². The highest BCUT2D eigenvalue weighted by atomic mass is 16.5. The predicted molar refractivity (Wildman–Crippen MR) is 84.8 cm³/mol. The Morgan fingerprint density at radius 2 is 2.00 bits per heavy atom. The van der Waals surface area contributed by atoms with E-state index in [0.717, 1.165) is 26.1 Å². The van der Waals surface area contributed by atoms with E-state index in [-0.39, 0.29) is 11.9 Å². The van der Waals surface area contributed by atoms with E-state index in [1.807, 2.05) is 13.0 Å². The van der Waals surface area contributed by atoms with Crippen LogP contribution in [0.4, 0.5) is 0 Å². The second-order valence-electron chi connectivity index (χ2n) is 6.43. The van der Waals surface area contributed by atoms with Gasteiger partial charge in [0.15, 0.2) is 0 Å². The van der Waals surface area contributed by atoms with Crippen molar-refractivity contribution >= 4 is 5.97 Å². The van der Waals surface area contributed by atoms with Crippen LogP contribution in [0.25, 0.3) is 0 Å². The van der Waals surface area contributed by atoms with Crippen LogP contribution in [0.3, 0.4) is 0 Å². The fraction of sp³-hybridized carbons (Fsp3) is 0.611. The molecule has 3 heteroatoms. The Balaban J connectivity index is 2.01. The van der Waals surface area contributed by atoms with E-state index in [1.54, 1.807) is 0 Å². The zero-order chi connectivity index (χ0) is 15.2. The molecule has 1 aliphatic rings. The molecule has 0 aliphatic carbocycles. The van der Waals surface area contributed by atoms with Gasteiger partial charge in [0.2, 0.25) is 0 Å². The summed E-state index contributed by atoms with van der Waals surface area (Å²) in [5, 5.41) is 0. The molecule has 0 unspecified atom stereocenters. The van der Waals surface area contributed by atoms with E-state index < -0.39 is 0 Å². The number of benzene rings is 1. The van der Waals surface area contributed by atoms with Crippen LogP contribution in [0.2, 0.25) is 0 Å². The number of hydrogen-bond donors (Lipinski definition) is 0. The summed E-state index contributed by atoms with van der Waals surface area (Å²) in [5.74, 6) is 1.06. The van der Waals surface area contributed by atoms with Gasteiger partial charge in [-0.1, -0.05) is 44.2 Å². The number of nitrogens with zero attached hydrogens (tertiary/aromatic N) is 1. The molecule has 0 saturated carbocycles. The molecule has 2 rings (SSSR count). The minimum atomic E-state index is -0.0151. The van der Waals surface area contributed by atoms with E-state index in [4.69, 9.17) is 4.74 Å². The molecule has 0 N–H and O–H groups in total. The van der Waals surface area contributed by atoms with Gasteiger partial charge in [-0.25, -0.2) is 0 Å². The maximum absolute atomic E-state index is 12.2. The van der Waals surface area contributed by atoms with Crippen LogP contribution >= 0.6 is 0 Å². The standard InChI is InChI=1S/C18H27NO2/c1-4-21-18(20)17-13-19(12-16(17)10-14(2)3)11-15-8-6-5-7-9-15/h5-9,14,16-17H,4,10-13H2,1-3H3/t16-,17-/m0/s1. The monoisotopic (exact) mass is 289 g/mol. The third-order valence-corrected chi connectivity index (χ3v) is 4.13. The highest BCUT2D eigenvalue weighted by molar-refractivity contribution is 5.73. The van der Waals surface area contributed by atoms with Crippen LogP contribution in [-0.2, 0) is 16.1 Å². The zero-order valence-corrected chi connectivity index (χ0v) is 13.4. The van der Waals surface area contributed by atoms with Crippen molar-refractivity contribution in [3.63, 3.8) is 0 Å². The summed E-state index contributed by atoms with van der Waals surface area (Å²) in [6, 6.07) is 10.5. The molecular formula is C18H27NO2. The lowest BCUT2D eigenvalue weighted by atomic mass is 9.88. The van der Waals surface area contributed by atoms with E-state index in [1.165, 1.54) is 5.56 Å². The van der Waals surface area contributed by atoms with Crippen LogP contribution in [-0.4, -0.2) is 30.6 Å². The second kappa shape index (κ2) is 7.60. The molecule has 116 valence electrons. The van der Waals surface area contributed by atoms with E-state index in [0.29, 0.717) is 18.4 Å². The first-order valence-electron chi connectivity index (χ1n) is 8.03. The molecular weight excluding hydrogens is 262 g/mol. The number of hydrogen-bond acceptors (Lipinski definition) is 3. The highest BCUT2D eigenvalue weighted by Crippen LogP contribution is 2.31. The van der Waals surface area contributed by atoms with E-state index in [9.17, 15) is 4.79 Å². The fourth-order valence-electron chi connectivity index (χ4n) is 3.29. The Kier molecular flexibility index (Phi) is 5.80. The van der Waals surface area contributed by atoms with Gasteiger partial charge in [-0.3, -0.25) is 9.69 Å². The SMILES string of the molecule is CCOC(=O)[C@H]1CN(Cc2ccccc2)C[C@@H]1CC(C)C. The maximum atomic E-state index is 12.2. The lowest BCUT2D eigenvalue weighted by molar-refractivity contribution is -0.149. The van der Waals surface area contributed by atoms with Crippen molar-refractivity contribution in [2.45, 2.75) is 33.7 Å². The first kappa shape index (κ1) is 16.0. The molecule has 1 saturated heterocycles. The van der Waals surface area contributed by atoms with Crippen LogP contribution in [0.1, 0.15) is 32.8 Å². The number of carbonyl (C=O) groups excluding carboxylic acids is 1. The second-order valence-corrected chi connectivity index (χ2v) is 6.43. The van der Waals surface area contributed by atoms with E-state index in [2.05, 4.69) is 43.0 Å². The predicted octanol–water partition coefficient (Wildman–Crippen LogP) is 3.34. The number of likely N-dealkylation sites (tertiary alicyclic amines) is 1. The largest absolute Gasteiger partial charge is 0.466 e. The van der Waals surface area contributed by atoms with Gasteiger partial charge in [-0.2, -0.15) is 0 Å². The van der Waals surface area contributed by atoms with Crippen LogP contribution in [0.15, 0.2) is 30.3 Å². The summed E-state index contributed by atoms with van der Waals surface area (Å²) in [6.45, 7) is 9.55. The molecule has 0 bridgehead atoms. The Bertz CT molecular complexity index is 444. The topological polar surface area (TPSA) is 29.5 Å². The smallest absolute Gasteiger partial charge is 0.310 e. The first-order valence-corrected chi connectivity index (χ1v) is 8.03. The van der Waals surface area contributed by atoms with Crippen molar-refractivity contribution in [3.05, 3.63) is 35.9 Å². The fourth-order valence-corrected chi connectivity index (χ4v) is 3.29. The lowest BCUT2D eigenvalue weighted by Gasteiger charge is -2.18. The quantitative estimate of drug-likeness (QED) is 0.752. The molecule has 0 aromatic heterocycles. The third-order valence-electron chi connectivity index (χ3n) is 4.13. The number of rotatable bonds is 6. The van der Waals surface area contributed by atoms with Crippen LogP contribution in [0, 0.1) is 17.8 Å². The lowest BCUT2D eigenvalue weighted by Crippen LogP contribution is -2.26. The molecule has 1 aromatic carbocycles. The Labute approximate surface area is 128 Å². The van der Waals surface area contributed by atoms with Gasteiger partial charge in [-0.15, -0.1) is 0 Å². The number of esters is 1. The van der Waals surface area contributed by atoms with Gasteiger partial charge in [0.25, 0.3) is 0 Å². The summed E-state index contributed by atoms with van der Waals surface area (Å²) in [5.41, 5.74) is 1.31. The molecule has 21 heavy (non-hydrogen) atoms. The maximum Gasteiger partial charge on any atom is 0.310 e. The summed E-state index contributed by atoms with van der Waals surface area (Å²) in [7, 11) is 0. The Morgan fingerprint density at radius 1 is 1.29 bits per heavy atom. The Morgan fingerprint density at radius 3 is 2.62 bits per heavy atom. The van der Waals surface area contributed by atoms with E-state index >= 15 is 0 Å². The molecule has 0 radical (unpaired) electrons. The summed E-state index contributed by atoms with van der Waals surface area (Å²) in [4.78, 5) is 14.6. The molecule has 1 fully saturated rings. The summed E-state index contributed by atoms with van der Waals surface area (Å²) in [6.07, 6.45) is 1.09. The minimum absolute atomic E-state index is 0.0151.